The van der Waals surface area contributed by atoms with Crippen LogP contribution in [0.3, 0.4) is 0 Å². The second-order valence-corrected chi connectivity index (χ2v) is 7.60. The predicted octanol–water partition coefficient (Wildman–Crippen LogP) is 4.05. The first-order chi connectivity index (χ1) is 15.0. The van der Waals surface area contributed by atoms with E-state index in [1.807, 2.05) is 44.2 Å². The molecule has 4 amide bonds. The number of piperidine rings is 1. The topological polar surface area (TPSA) is 81.8 Å². The van der Waals surface area contributed by atoms with Gasteiger partial charge in [-0.05, 0) is 57.0 Å². The number of benzene rings is 2. The number of nitrogens with zero attached hydrogens (tertiary/aromatic N) is 2. The molecule has 7 nitrogen and oxygen atoms in total. The lowest BCUT2D eigenvalue weighted by Crippen LogP contribution is -2.43. The summed E-state index contributed by atoms with van der Waals surface area (Å²) in [6.45, 7) is 6.22. The van der Waals surface area contributed by atoms with E-state index in [1.165, 1.54) is 0 Å². The molecule has 3 rings (SSSR count). The van der Waals surface area contributed by atoms with E-state index in [1.54, 1.807) is 34.1 Å². The predicted molar refractivity (Wildman–Crippen MR) is 122 cm³/mol. The second kappa shape index (κ2) is 10.6. The Morgan fingerprint density at radius 1 is 0.903 bits per heavy atom. The molecule has 164 valence electrons. The molecule has 0 unspecified atom stereocenters. The van der Waals surface area contributed by atoms with E-state index in [0.717, 1.165) is 5.69 Å². The number of urea groups is 1. The summed E-state index contributed by atoms with van der Waals surface area (Å²) in [4.78, 5) is 41.2. The Bertz CT molecular complexity index is 904. The van der Waals surface area contributed by atoms with Crippen LogP contribution in [0.2, 0.25) is 0 Å². The molecule has 1 saturated heterocycles. The molecule has 31 heavy (non-hydrogen) atoms. The van der Waals surface area contributed by atoms with Crippen molar-refractivity contribution in [3.8, 4) is 0 Å². The molecule has 0 spiro atoms. The lowest BCUT2D eigenvalue weighted by Gasteiger charge is -2.31. The van der Waals surface area contributed by atoms with Crippen molar-refractivity contribution in [1.29, 1.82) is 0 Å². The molecule has 0 aliphatic carbocycles. The molecule has 0 saturated carbocycles. The maximum absolute atomic E-state index is 12.7. The molecule has 1 aliphatic heterocycles. The van der Waals surface area contributed by atoms with Crippen LogP contribution in [-0.4, -0.2) is 53.8 Å². The van der Waals surface area contributed by atoms with Crippen molar-refractivity contribution in [3.63, 3.8) is 0 Å². The quantitative estimate of drug-likeness (QED) is 0.737. The minimum Gasteiger partial charge on any atom is -0.339 e. The highest BCUT2D eigenvalue weighted by atomic mass is 16.2. The van der Waals surface area contributed by atoms with Crippen LogP contribution in [0.15, 0.2) is 54.6 Å². The van der Waals surface area contributed by atoms with E-state index in [4.69, 9.17) is 0 Å². The third kappa shape index (κ3) is 5.84. The Balaban J connectivity index is 1.53. The van der Waals surface area contributed by atoms with Gasteiger partial charge in [-0.1, -0.05) is 24.3 Å². The fourth-order valence-electron chi connectivity index (χ4n) is 3.74. The van der Waals surface area contributed by atoms with Crippen molar-refractivity contribution in [2.75, 3.05) is 36.8 Å². The maximum Gasteiger partial charge on any atom is 0.321 e. The standard InChI is InChI=1S/C24H30N4O3/c1-3-27(4-2)23(30)19-9-8-12-21(17-19)25-22(29)18-13-15-28(16-14-18)24(31)26-20-10-6-5-7-11-20/h5-12,17-18H,3-4,13-16H2,1-2H3,(H,25,29)(H,26,31). The zero-order chi connectivity index (χ0) is 22.2. The fourth-order valence-corrected chi connectivity index (χ4v) is 3.74. The van der Waals surface area contributed by atoms with Crippen LogP contribution in [0.1, 0.15) is 37.0 Å². The monoisotopic (exact) mass is 422 g/mol. The number of likely N-dealkylation sites (tertiary alicyclic amines) is 1. The van der Waals surface area contributed by atoms with Crippen molar-refractivity contribution in [2.24, 2.45) is 5.92 Å². The number of para-hydroxylation sites is 1. The number of rotatable bonds is 6. The zero-order valence-corrected chi connectivity index (χ0v) is 18.1. The number of anilines is 2. The summed E-state index contributed by atoms with van der Waals surface area (Å²) in [5, 5.41) is 5.82. The number of nitrogens with one attached hydrogen (secondary N) is 2. The van der Waals surface area contributed by atoms with Gasteiger partial charge < -0.3 is 20.4 Å². The van der Waals surface area contributed by atoms with Crippen molar-refractivity contribution in [1.82, 2.24) is 9.80 Å². The SMILES string of the molecule is CCN(CC)C(=O)c1cccc(NC(=O)C2CCN(C(=O)Nc3ccccc3)CC2)c1. The first kappa shape index (κ1) is 22.3. The largest absolute Gasteiger partial charge is 0.339 e. The molecule has 0 aromatic heterocycles. The smallest absolute Gasteiger partial charge is 0.321 e. The third-order valence-electron chi connectivity index (χ3n) is 5.61. The Hall–Kier alpha value is -3.35. The van der Waals surface area contributed by atoms with Gasteiger partial charge in [0.05, 0.1) is 0 Å². The normalized spacial score (nSPS) is 14.1. The number of carbonyl (C=O) groups is 3. The van der Waals surface area contributed by atoms with Crippen molar-refractivity contribution in [2.45, 2.75) is 26.7 Å². The van der Waals surface area contributed by atoms with Crippen molar-refractivity contribution >= 4 is 29.2 Å². The van der Waals surface area contributed by atoms with E-state index in [0.29, 0.717) is 50.3 Å². The fraction of sp³-hybridized carbons (Fsp3) is 0.375. The van der Waals surface area contributed by atoms with E-state index < -0.39 is 0 Å². The van der Waals surface area contributed by atoms with Gasteiger partial charge >= 0.3 is 6.03 Å². The van der Waals surface area contributed by atoms with Crippen LogP contribution < -0.4 is 10.6 Å². The number of carbonyl (C=O) groups excluding carboxylic acids is 3. The summed E-state index contributed by atoms with van der Waals surface area (Å²) in [5.74, 6) is -0.280. The molecular formula is C24H30N4O3. The molecule has 0 atom stereocenters. The van der Waals surface area contributed by atoms with Gasteiger partial charge in [-0.15, -0.1) is 0 Å². The maximum atomic E-state index is 12.7. The van der Waals surface area contributed by atoms with Crippen LogP contribution >= 0.6 is 0 Å². The van der Waals surface area contributed by atoms with Gasteiger partial charge in [0.15, 0.2) is 0 Å². The van der Waals surface area contributed by atoms with Gasteiger partial charge in [0, 0.05) is 49.0 Å². The lowest BCUT2D eigenvalue weighted by molar-refractivity contribution is -0.121. The van der Waals surface area contributed by atoms with Gasteiger partial charge in [-0.25, -0.2) is 4.79 Å². The van der Waals surface area contributed by atoms with Crippen LogP contribution in [0, 0.1) is 5.92 Å². The molecule has 0 radical (unpaired) electrons. The summed E-state index contributed by atoms with van der Waals surface area (Å²) in [6, 6.07) is 16.2. The molecule has 7 heteroatoms. The molecule has 2 aromatic rings. The molecular weight excluding hydrogens is 392 g/mol. The molecule has 1 aliphatic rings. The zero-order valence-electron chi connectivity index (χ0n) is 18.1. The number of amides is 4. The van der Waals surface area contributed by atoms with Gasteiger partial charge in [0.1, 0.15) is 0 Å². The average molecular weight is 423 g/mol. The highest BCUT2D eigenvalue weighted by Crippen LogP contribution is 2.21. The number of hydrogen-bond acceptors (Lipinski definition) is 3. The average Bonchev–Trinajstić information content (AvgIpc) is 2.80. The van der Waals surface area contributed by atoms with Crippen molar-refractivity contribution < 1.29 is 14.4 Å². The Morgan fingerprint density at radius 3 is 2.19 bits per heavy atom. The first-order valence-corrected chi connectivity index (χ1v) is 10.8. The molecule has 0 bridgehead atoms. The first-order valence-electron chi connectivity index (χ1n) is 10.8. The summed E-state index contributed by atoms with van der Waals surface area (Å²) in [7, 11) is 0. The van der Waals surface area contributed by atoms with Gasteiger partial charge in [-0.3, -0.25) is 9.59 Å². The minimum atomic E-state index is -0.164. The summed E-state index contributed by atoms with van der Waals surface area (Å²) < 4.78 is 0. The Labute approximate surface area is 183 Å². The highest BCUT2D eigenvalue weighted by Gasteiger charge is 2.27. The van der Waals surface area contributed by atoms with Crippen molar-refractivity contribution in [3.05, 3.63) is 60.2 Å². The Morgan fingerprint density at radius 2 is 1.55 bits per heavy atom. The summed E-state index contributed by atoms with van der Waals surface area (Å²) in [6.07, 6.45) is 1.21. The van der Waals surface area contributed by atoms with E-state index in [2.05, 4.69) is 10.6 Å². The summed E-state index contributed by atoms with van der Waals surface area (Å²) in [5.41, 5.74) is 1.94. The molecule has 1 fully saturated rings. The summed E-state index contributed by atoms with van der Waals surface area (Å²) >= 11 is 0. The third-order valence-corrected chi connectivity index (χ3v) is 5.61. The van der Waals surface area contributed by atoms with Crippen LogP contribution in [-0.2, 0) is 4.79 Å². The molecule has 1 heterocycles. The highest BCUT2D eigenvalue weighted by molar-refractivity contribution is 5.98. The lowest BCUT2D eigenvalue weighted by atomic mass is 9.96. The van der Waals surface area contributed by atoms with Gasteiger partial charge in [-0.2, -0.15) is 0 Å². The van der Waals surface area contributed by atoms with E-state index >= 15 is 0 Å². The van der Waals surface area contributed by atoms with Gasteiger partial charge in [0.25, 0.3) is 5.91 Å². The molecule has 2 N–H and O–H groups in total. The van der Waals surface area contributed by atoms with Gasteiger partial charge in [0.2, 0.25) is 5.91 Å². The van der Waals surface area contributed by atoms with Crippen LogP contribution in [0.5, 0.6) is 0 Å². The Kier molecular flexibility index (Phi) is 7.65. The van der Waals surface area contributed by atoms with E-state index in [9.17, 15) is 14.4 Å². The number of hydrogen-bond donors (Lipinski definition) is 2. The van der Waals surface area contributed by atoms with E-state index in [-0.39, 0.29) is 23.8 Å². The second-order valence-electron chi connectivity index (χ2n) is 7.60. The minimum absolute atomic E-state index is 0.0427. The molecule has 2 aromatic carbocycles. The van der Waals surface area contributed by atoms with Crippen LogP contribution in [0.4, 0.5) is 16.2 Å². The van der Waals surface area contributed by atoms with Crippen LogP contribution in [0.25, 0.3) is 0 Å².